The number of hydrogen-bond donors (Lipinski definition) is 0. The molecule has 1 aliphatic heterocycles. The molecule has 1 saturated heterocycles. The van der Waals surface area contributed by atoms with E-state index in [4.69, 9.17) is 9.47 Å². The highest BCUT2D eigenvalue weighted by Crippen LogP contribution is 2.22. The summed E-state index contributed by atoms with van der Waals surface area (Å²) >= 11 is 0. The monoisotopic (exact) mass is 341 g/mol. The minimum Gasteiger partial charge on any atom is -0.493 e. The molecule has 1 aromatic rings. The summed E-state index contributed by atoms with van der Waals surface area (Å²) in [4.78, 5) is 14.7. The Hall–Kier alpha value is -1.10. The molecule has 0 spiro atoms. The molecular formula is C18H28ClNO3. The van der Waals surface area contributed by atoms with Crippen molar-refractivity contribution in [2.75, 3.05) is 39.5 Å². The van der Waals surface area contributed by atoms with Gasteiger partial charge in [-0.05, 0) is 36.6 Å². The van der Waals surface area contributed by atoms with Gasteiger partial charge in [-0.15, -0.1) is 12.4 Å². The van der Waals surface area contributed by atoms with Gasteiger partial charge in [0.1, 0.15) is 5.75 Å². The molecule has 1 aliphatic rings. The van der Waals surface area contributed by atoms with Gasteiger partial charge in [-0.2, -0.15) is 0 Å². The smallest absolute Gasteiger partial charge is 0.164 e. The molecule has 5 heteroatoms. The molecule has 0 amide bonds. The molecule has 0 saturated carbocycles. The Balaban J connectivity index is 0.00000264. The molecule has 0 unspecified atom stereocenters. The summed E-state index contributed by atoms with van der Waals surface area (Å²) in [6.07, 6.45) is 2.44. The lowest BCUT2D eigenvalue weighted by Gasteiger charge is -2.26. The van der Waals surface area contributed by atoms with Crippen molar-refractivity contribution in [2.45, 2.75) is 33.1 Å². The first kappa shape index (κ1) is 19.9. The summed E-state index contributed by atoms with van der Waals surface area (Å²) in [7, 11) is 0. The highest BCUT2D eigenvalue weighted by Gasteiger charge is 2.14. The van der Waals surface area contributed by atoms with Crippen molar-refractivity contribution in [3.05, 3.63) is 29.3 Å². The Labute approximate surface area is 145 Å². The number of Topliss-reactive ketones (excluding diaryl/α,β-unsaturated/α-hetero) is 1. The first-order valence-corrected chi connectivity index (χ1v) is 8.33. The Morgan fingerprint density at radius 1 is 1.26 bits per heavy atom. The SMILES string of the molecule is CCCOc1ccc(C(=O)CCN2CCOCC2)cc1CC.Cl. The van der Waals surface area contributed by atoms with Gasteiger partial charge in [0.05, 0.1) is 19.8 Å². The number of rotatable bonds is 8. The third-order valence-electron chi connectivity index (χ3n) is 3.98. The Bertz CT molecular complexity index is 487. The summed E-state index contributed by atoms with van der Waals surface area (Å²) in [5.74, 6) is 1.12. The maximum atomic E-state index is 12.4. The second-order valence-corrected chi connectivity index (χ2v) is 5.65. The maximum absolute atomic E-state index is 12.4. The lowest BCUT2D eigenvalue weighted by atomic mass is 10.0. The van der Waals surface area contributed by atoms with E-state index in [0.717, 1.165) is 69.2 Å². The summed E-state index contributed by atoms with van der Waals surface area (Å²) < 4.78 is 11.1. The first-order chi connectivity index (χ1) is 10.7. The number of halogens is 1. The van der Waals surface area contributed by atoms with Crippen LogP contribution in [0.1, 0.15) is 42.6 Å². The van der Waals surface area contributed by atoms with Crippen LogP contribution in [0.15, 0.2) is 18.2 Å². The van der Waals surface area contributed by atoms with E-state index in [1.807, 2.05) is 18.2 Å². The number of ketones is 1. The predicted molar refractivity (Wildman–Crippen MR) is 95.1 cm³/mol. The van der Waals surface area contributed by atoms with E-state index in [1.165, 1.54) is 0 Å². The molecule has 130 valence electrons. The molecule has 2 rings (SSSR count). The van der Waals surface area contributed by atoms with E-state index >= 15 is 0 Å². The van der Waals surface area contributed by atoms with Crippen molar-refractivity contribution in [3.8, 4) is 5.75 Å². The normalized spacial score (nSPS) is 15.0. The Morgan fingerprint density at radius 2 is 2.00 bits per heavy atom. The van der Waals surface area contributed by atoms with E-state index in [1.54, 1.807) is 0 Å². The number of aryl methyl sites for hydroxylation is 1. The van der Waals surface area contributed by atoms with Crippen molar-refractivity contribution in [2.24, 2.45) is 0 Å². The van der Waals surface area contributed by atoms with Crippen molar-refractivity contribution >= 4 is 18.2 Å². The largest absolute Gasteiger partial charge is 0.493 e. The maximum Gasteiger partial charge on any atom is 0.164 e. The van der Waals surface area contributed by atoms with Crippen LogP contribution in [0.2, 0.25) is 0 Å². The standard InChI is InChI=1S/C18H27NO3.ClH/c1-3-11-22-18-6-5-16(14-15(18)4-2)17(20)7-8-19-9-12-21-13-10-19;/h5-6,14H,3-4,7-13H2,1-2H3;1H. The van der Waals surface area contributed by atoms with Crippen molar-refractivity contribution < 1.29 is 14.3 Å². The van der Waals surface area contributed by atoms with Gasteiger partial charge in [-0.25, -0.2) is 0 Å². The summed E-state index contributed by atoms with van der Waals surface area (Å²) in [6.45, 7) is 9.13. The zero-order valence-corrected chi connectivity index (χ0v) is 15.0. The van der Waals surface area contributed by atoms with Gasteiger partial charge in [0.2, 0.25) is 0 Å². The zero-order valence-electron chi connectivity index (χ0n) is 14.2. The van der Waals surface area contributed by atoms with Crippen molar-refractivity contribution in [3.63, 3.8) is 0 Å². The van der Waals surface area contributed by atoms with Gasteiger partial charge in [-0.3, -0.25) is 9.69 Å². The second kappa shape index (κ2) is 10.6. The van der Waals surface area contributed by atoms with Gasteiger partial charge in [-0.1, -0.05) is 13.8 Å². The molecule has 0 N–H and O–H groups in total. The minimum absolute atomic E-state index is 0. The van der Waals surface area contributed by atoms with Crippen LogP contribution in [0.25, 0.3) is 0 Å². The fourth-order valence-electron chi connectivity index (χ4n) is 2.61. The highest BCUT2D eigenvalue weighted by atomic mass is 35.5. The number of hydrogen-bond acceptors (Lipinski definition) is 4. The summed E-state index contributed by atoms with van der Waals surface area (Å²) in [5, 5.41) is 0. The molecule has 0 bridgehead atoms. The first-order valence-electron chi connectivity index (χ1n) is 8.33. The van der Waals surface area contributed by atoms with Gasteiger partial charge in [0, 0.05) is 31.6 Å². The molecule has 1 aromatic carbocycles. The predicted octanol–water partition coefficient (Wildman–Crippen LogP) is 3.36. The second-order valence-electron chi connectivity index (χ2n) is 5.65. The van der Waals surface area contributed by atoms with E-state index in [9.17, 15) is 4.79 Å². The summed E-state index contributed by atoms with van der Waals surface area (Å²) in [6, 6.07) is 5.83. The number of ether oxygens (including phenoxy) is 2. The molecule has 0 atom stereocenters. The van der Waals surface area contributed by atoms with E-state index in [-0.39, 0.29) is 18.2 Å². The van der Waals surface area contributed by atoms with Crippen LogP contribution in [0.5, 0.6) is 5.75 Å². The average Bonchev–Trinajstić information content (AvgIpc) is 2.58. The highest BCUT2D eigenvalue weighted by molar-refractivity contribution is 5.96. The van der Waals surface area contributed by atoms with E-state index < -0.39 is 0 Å². The van der Waals surface area contributed by atoms with Crippen molar-refractivity contribution in [1.29, 1.82) is 0 Å². The average molecular weight is 342 g/mol. The topological polar surface area (TPSA) is 38.8 Å². The van der Waals surface area contributed by atoms with Gasteiger partial charge >= 0.3 is 0 Å². The van der Waals surface area contributed by atoms with Crippen LogP contribution in [-0.2, 0) is 11.2 Å². The molecule has 0 radical (unpaired) electrons. The Morgan fingerprint density at radius 3 is 2.65 bits per heavy atom. The third kappa shape index (κ3) is 6.13. The summed E-state index contributed by atoms with van der Waals surface area (Å²) in [5.41, 5.74) is 1.92. The number of nitrogens with zero attached hydrogens (tertiary/aromatic N) is 1. The molecule has 1 heterocycles. The van der Waals surface area contributed by atoms with Crippen LogP contribution in [0.4, 0.5) is 0 Å². The molecular weight excluding hydrogens is 314 g/mol. The Kier molecular flexibility index (Phi) is 9.22. The van der Waals surface area contributed by atoms with Gasteiger partial charge in [0.25, 0.3) is 0 Å². The minimum atomic E-state index is 0. The van der Waals surface area contributed by atoms with E-state index in [0.29, 0.717) is 6.42 Å². The molecule has 0 aliphatic carbocycles. The molecule has 4 nitrogen and oxygen atoms in total. The fourth-order valence-corrected chi connectivity index (χ4v) is 2.61. The molecule has 1 fully saturated rings. The fraction of sp³-hybridized carbons (Fsp3) is 0.611. The van der Waals surface area contributed by atoms with Gasteiger partial charge in [0.15, 0.2) is 5.78 Å². The zero-order chi connectivity index (χ0) is 15.8. The van der Waals surface area contributed by atoms with Crippen LogP contribution in [-0.4, -0.2) is 50.1 Å². The van der Waals surface area contributed by atoms with Crippen LogP contribution in [0, 0.1) is 0 Å². The van der Waals surface area contributed by atoms with Crippen LogP contribution < -0.4 is 4.74 Å². The van der Waals surface area contributed by atoms with Crippen LogP contribution in [0.3, 0.4) is 0 Å². The van der Waals surface area contributed by atoms with Gasteiger partial charge < -0.3 is 9.47 Å². The number of morpholine rings is 1. The van der Waals surface area contributed by atoms with E-state index in [2.05, 4.69) is 18.7 Å². The number of carbonyl (C=O) groups excluding carboxylic acids is 1. The quantitative estimate of drug-likeness (QED) is 0.680. The lowest BCUT2D eigenvalue weighted by Crippen LogP contribution is -2.37. The number of carbonyl (C=O) groups is 1. The molecule has 23 heavy (non-hydrogen) atoms. The molecule has 0 aromatic heterocycles. The van der Waals surface area contributed by atoms with Crippen LogP contribution >= 0.6 is 12.4 Å². The van der Waals surface area contributed by atoms with Crippen molar-refractivity contribution in [1.82, 2.24) is 4.90 Å². The third-order valence-corrected chi connectivity index (χ3v) is 3.98. The lowest BCUT2D eigenvalue weighted by molar-refractivity contribution is 0.0370. The number of benzene rings is 1.